The third-order valence-electron chi connectivity index (χ3n) is 5.39. The number of hydrogen-bond acceptors (Lipinski definition) is 4. The van der Waals surface area contributed by atoms with Crippen LogP contribution in [0.4, 0.5) is 5.69 Å². The number of carboxylic acid groups (broad SMARTS) is 1. The summed E-state index contributed by atoms with van der Waals surface area (Å²) < 4.78 is 5.13. The Morgan fingerprint density at radius 3 is 2.59 bits per heavy atom. The Morgan fingerprint density at radius 1 is 1.15 bits per heavy atom. The van der Waals surface area contributed by atoms with E-state index in [2.05, 4.69) is 17.5 Å². The van der Waals surface area contributed by atoms with Crippen LogP contribution in [0.2, 0.25) is 0 Å². The maximum atomic E-state index is 12.1. The number of ether oxygens (including phenoxy) is 1. The molecule has 0 aromatic heterocycles. The Kier molecular flexibility index (Phi) is 4.44. The Balaban J connectivity index is 1.68. The van der Waals surface area contributed by atoms with Gasteiger partial charge in [-0.3, -0.25) is 0 Å². The minimum Gasteiger partial charge on any atom is -0.478 e. The van der Waals surface area contributed by atoms with Gasteiger partial charge in [0.25, 0.3) is 0 Å². The molecule has 0 amide bonds. The summed E-state index contributed by atoms with van der Waals surface area (Å²) in [6, 6.07) is 12.8. The monoisotopic (exact) mass is 363 g/mol. The second-order valence-corrected chi connectivity index (χ2v) is 6.93. The molecule has 4 rings (SSSR count). The van der Waals surface area contributed by atoms with Crippen molar-refractivity contribution in [1.82, 2.24) is 0 Å². The second-order valence-electron chi connectivity index (χ2n) is 6.93. The van der Waals surface area contributed by atoms with Crippen LogP contribution in [0.5, 0.6) is 0 Å². The first kappa shape index (κ1) is 17.3. The van der Waals surface area contributed by atoms with Crippen LogP contribution in [0.3, 0.4) is 0 Å². The highest BCUT2D eigenvalue weighted by atomic mass is 16.5. The number of carbonyl (C=O) groups excluding carboxylic acids is 1. The van der Waals surface area contributed by atoms with Crippen LogP contribution in [0.25, 0.3) is 0 Å². The van der Waals surface area contributed by atoms with E-state index in [9.17, 15) is 9.59 Å². The van der Waals surface area contributed by atoms with Gasteiger partial charge in [0, 0.05) is 11.6 Å². The zero-order valence-electron chi connectivity index (χ0n) is 15.0. The fourth-order valence-corrected chi connectivity index (χ4v) is 4.10. The molecule has 2 aromatic carbocycles. The molecule has 1 heterocycles. The summed E-state index contributed by atoms with van der Waals surface area (Å²) in [5.41, 5.74) is 4.04. The Bertz CT molecular complexity index is 916. The molecule has 0 radical (unpaired) electrons. The SMILES string of the molecule is CCOC(=O)c1ccc2c(c1)[C@H]1C=CC[C@@H]1[C@@H](c1ccc(C(=O)O)cc1)N2. The maximum absolute atomic E-state index is 12.1. The molecule has 2 aliphatic rings. The summed E-state index contributed by atoms with van der Waals surface area (Å²) >= 11 is 0. The first-order valence-corrected chi connectivity index (χ1v) is 9.16. The van der Waals surface area contributed by atoms with Gasteiger partial charge in [-0.25, -0.2) is 9.59 Å². The van der Waals surface area contributed by atoms with Crippen LogP contribution in [0.15, 0.2) is 54.6 Å². The summed E-state index contributed by atoms with van der Waals surface area (Å²) in [6.07, 6.45) is 5.33. The van der Waals surface area contributed by atoms with Crippen molar-refractivity contribution in [3.05, 3.63) is 76.9 Å². The predicted octanol–water partition coefficient (Wildman–Crippen LogP) is 4.39. The largest absolute Gasteiger partial charge is 0.478 e. The topological polar surface area (TPSA) is 75.6 Å². The molecule has 2 aromatic rings. The van der Waals surface area contributed by atoms with E-state index in [4.69, 9.17) is 9.84 Å². The second kappa shape index (κ2) is 6.91. The number of benzene rings is 2. The van der Waals surface area contributed by atoms with Crippen LogP contribution in [-0.2, 0) is 4.74 Å². The van der Waals surface area contributed by atoms with Crippen LogP contribution in [0, 0.1) is 5.92 Å². The highest BCUT2D eigenvalue weighted by Gasteiger charge is 2.38. The molecule has 1 aliphatic heterocycles. The molecule has 0 saturated heterocycles. The van der Waals surface area contributed by atoms with Crippen LogP contribution in [0.1, 0.15) is 57.1 Å². The number of esters is 1. The van der Waals surface area contributed by atoms with E-state index in [1.165, 1.54) is 0 Å². The molecule has 5 heteroatoms. The zero-order valence-corrected chi connectivity index (χ0v) is 15.0. The van der Waals surface area contributed by atoms with Crippen molar-refractivity contribution >= 4 is 17.6 Å². The number of rotatable bonds is 4. The molecule has 27 heavy (non-hydrogen) atoms. The van der Waals surface area contributed by atoms with Gasteiger partial charge in [-0.1, -0.05) is 24.3 Å². The van der Waals surface area contributed by atoms with Gasteiger partial charge in [0.15, 0.2) is 0 Å². The third-order valence-corrected chi connectivity index (χ3v) is 5.39. The summed E-state index contributed by atoms with van der Waals surface area (Å²) in [6.45, 7) is 2.16. The lowest BCUT2D eigenvalue weighted by atomic mass is 9.76. The van der Waals surface area contributed by atoms with E-state index in [1.54, 1.807) is 25.1 Å². The fraction of sp³-hybridized carbons (Fsp3) is 0.273. The number of allylic oxidation sites excluding steroid dienone is 2. The van der Waals surface area contributed by atoms with E-state index in [0.717, 1.165) is 23.2 Å². The number of carboxylic acids is 1. The number of aromatic carboxylic acids is 1. The van der Waals surface area contributed by atoms with Gasteiger partial charge in [0.05, 0.1) is 23.8 Å². The van der Waals surface area contributed by atoms with Crippen molar-refractivity contribution in [2.75, 3.05) is 11.9 Å². The van der Waals surface area contributed by atoms with Gasteiger partial charge in [-0.05, 0) is 60.7 Å². The molecule has 0 bridgehead atoms. The van der Waals surface area contributed by atoms with E-state index in [1.807, 2.05) is 24.3 Å². The number of hydrogen-bond donors (Lipinski definition) is 2. The fourth-order valence-electron chi connectivity index (χ4n) is 4.10. The summed E-state index contributed by atoms with van der Waals surface area (Å²) in [4.78, 5) is 23.2. The quantitative estimate of drug-likeness (QED) is 0.622. The minimum absolute atomic E-state index is 0.0915. The smallest absolute Gasteiger partial charge is 0.338 e. The van der Waals surface area contributed by atoms with Gasteiger partial charge < -0.3 is 15.2 Å². The Hall–Kier alpha value is -3.08. The van der Waals surface area contributed by atoms with Crippen LogP contribution >= 0.6 is 0 Å². The Labute approximate surface area is 157 Å². The summed E-state index contributed by atoms with van der Waals surface area (Å²) in [5.74, 6) is -0.675. The van der Waals surface area contributed by atoms with Crippen molar-refractivity contribution < 1.29 is 19.4 Å². The molecule has 5 nitrogen and oxygen atoms in total. The minimum atomic E-state index is -0.921. The number of fused-ring (bicyclic) bond motifs is 3. The van der Waals surface area contributed by atoms with Crippen molar-refractivity contribution in [3.8, 4) is 0 Å². The van der Waals surface area contributed by atoms with Gasteiger partial charge in [0.1, 0.15) is 0 Å². The van der Waals surface area contributed by atoms with Gasteiger partial charge in [-0.15, -0.1) is 0 Å². The lowest BCUT2D eigenvalue weighted by Crippen LogP contribution is -2.29. The zero-order chi connectivity index (χ0) is 19.0. The van der Waals surface area contributed by atoms with Gasteiger partial charge >= 0.3 is 11.9 Å². The van der Waals surface area contributed by atoms with Crippen molar-refractivity contribution in [2.45, 2.75) is 25.3 Å². The van der Waals surface area contributed by atoms with Gasteiger partial charge in [0.2, 0.25) is 0 Å². The molecule has 0 fully saturated rings. The number of nitrogens with one attached hydrogen (secondary N) is 1. The standard InChI is InChI=1S/C22H21NO4/c1-2-27-22(26)15-10-11-19-18(12-15)16-4-3-5-17(16)20(23-19)13-6-8-14(9-7-13)21(24)25/h3-4,6-12,16-17,20,23H,2,5H2,1H3,(H,24,25)/t16-,17-,20+/m0/s1. The first-order valence-electron chi connectivity index (χ1n) is 9.16. The van der Waals surface area contributed by atoms with Gasteiger partial charge in [-0.2, -0.15) is 0 Å². The molecule has 1 aliphatic carbocycles. The van der Waals surface area contributed by atoms with Crippen LogP contribution < -0.4 is 5.32 Å². The van der Waals surface area contributed by atoms with E-state index >= 15 is 0 Å². The van der Waals surface area contributed by atoms with Crippen LogP contribution in [-0.4, -0.2) is 23.7 Å². The highest BCUT2D eigenvalue weighted by Crippen LogP contribution is 2.49. The average molecular weight is 363 g/mol. The van der Waals surface area contributed by atoms with Crippen molar-refractivity contribution in [3.63, 3.8) is 0 Å². The lowest BCUT2D eigenvalue weighted by molar-refractivity contribution is 0.0525. The first-order chi connectivity index (χ1) is 13.1. The molecule has 0 spiro atoms. The molecule has 0 unspecified atom stereocenters. The molecular weight excluding hydrogens is 342 g/mol. The molecule has 0 saturated carbocycles. The maximum Gasteiger partial charge on any atom is 0.338 e. The summed E-state index contributed by atoms with van der Waals surface area (Å²) in [7, 11) is 0. The normalized spacial score (nSPS) is 22.5. The Morgan fingerprint density at radius 2 is 1.89 bits per heavy atom. The van der Waals surface area contributed by atoms with Crippen molar-refractivity contribution in [1.29, 1.82) is 0 Å². The predicted molar refractivity (Wildman–Crippen MR) is 102 cm³/mol. The highest BCUT2D eigenvalue weighted by molar-refractivity contribution is 5.90. The average Bonchev–Trinajstić information content (AvgIpc) is 3.17. The lowest BCUT2D eigenvalue weighted by Gasteiger charge is -2.37. The van der Waals surface area contributed by atoms with E-state index in [-0.39, 0.29) is 23.5 Å². The number of anilines is 1. The summed E-state index contributed by atoms with van der Waals surface area (Å²) in [5, 5.41) is 12.7. The molecule has 138 valence electrons. The molecule has 3 atom stereocenters. The molecular formula is C22H21NO4. The number of carbonyl (C=O) groups is 2. The van der Waals surface area contributed by atoms with E-state index < -0.39 is 5.97 Å². The molecule has 2 N–H and O–H groups in total. The van der Waals surface area contributed by atoms with E-state index in [0.29, 0.717) is 18.1 Å². The van der Waals surface area contributed by atoms with Crippen molar-refractivity contribution in [2.24, 2.45) is 5.92 Å². The third kappa shape index (κ3) is 3.10.